The molecule has 2 aliphatic rings. The van der Waals surface area contributed by atoms with Crippen LogP contribution in [0.4, 0.5) is 0 Å². The molecule has 0 aromatic rings. The summed E-state index contributed by atoms with van der Waals surface area (Å²) in [6.07, 6.45) is 8.91. The molecule has 1 unspecified atom stereocenters. The normalized spacial score (nSPS) is 25.8. The van der Waals surface area contributed by atoms with Gasteiger partial charge in [-0.15, -0.1) is 13.2 Å². The number of methoxy groups -OCH3 is 2. The molecule has 0 radical (unpaired) electrons. The van der Waals surface area contributed by atoms with Gasteiger partial charge in [0.15, 0.2) is 0 Å². The van der Waals surface area contributed by atoms with Crippen LogP contribution in [0.15, 0.2) is 48.6 Å². The molecule has 0 saturated heterocycles. The maximum absolute atomic E-state index is 12.7. The van der Waals surface area contributed by atoms with E-state index in [9.17, 15) is 9.90 Å². The summed E-state index contributed by atoms with van der Waals surface area (Å²) in [6, 6.07) is 0. The lowest BCUT2D eigenvalue weighted by atomic mass is 9.63. The minimum atomic E-state index is -1.37. The molecule has 0 aromatic heterocycles. The Morgan fingerprint density at radius 2 is 1.91 bits per heavy atom. The fourth-order valence-electron chi connectivity index (χ4n) is 3.56. The zero-order chi connectivity index (χ0) is 16.4. The molecule has 2 rings (SSSR count). The van der Waals surface area contributed by atoms with Crippen LogP contribution in [-0.4, -0.2) is 37.0 Å². The first-order chi connectivity index (χ1) is 10.5. The van der Waals surface area contributed by atoms with Gasteiger partial charge in [-0.05, 0) is 37.3 Å². The van der Waals surface area contributed by atoms with E-state index in [1.807, 2.05) is 12.2 Å². The number of aliphatic hydroxyl groups is 1. The van der Waals surface area contributed by atoms with Crippen molar-refractivity contribution in [3.63, 3.8) is 0 Å². The highest BCUT2D eigenvalue weighted by Crippen LogP contribution is 2.48. The summed E-state index contributed by atoms with van der Waals surface area (Å²) in [4.78, 5) is 12.7. The Kier molecular flexibility index (Phi) is 4.85. The Hall–Kier alpha value is -1.49. The topological polar surface area (TPSA) is 55.8 Å². The summed E-state index contributed by atoms with van der Waals surface area (Å²) >= 11 is 0. The van der Waals surface area contributed by atoms with Gasteiger partial charge in [-0.25, -0.2) is 0 Å². The maximum atomic E-state index is 12.7. The van der Waals surface area contributed by atoms with Crippen LogP contribution in [0.2, 0.25) is 0 Å². The second kappa shape index (κ2) is 6.32. The second-order valence-corrected chi connectivity index (χ2v) is 5.92. The van der Waals surface area contributed by atoms with Crippen LogP contribution in [0.1, 0.15) is 25.7 Å². The van der Waals surface area contributed by atoms with Gasteiger partial charge in [0.1, 0.15) is 0 Å². The van der Waals surface area contributed by atoms with E-state index in [0.29, 0.717) is 36.8 Å². The number of carbonyl (C=O) groups excluding carboxylic acids is 1. The summed E-state index contributed by atoms with van der Waals surface area (Å²) in [5.41, 5.74) is 0.930. The van der Waals surface area contributed by atoms with E-state index in [-0.39, 0.29) is 11.2 Å². The van der Waals surface area contributed by atoms with Gasteiger partial charge in [0.25, 0.3) is 5.79 Å². The maximum Gasteiger partial charge on any atom is 0.253 e. The smallest absolute Gasteiger partial charge is 0.253 e. The first-order valence-electron chi connectivity index (χ1n) is 7.47. The van der Waals surface area contributed by atoms with Gasteiger partial charge in [-0.1, -0.05) is 18.2 Å². The van der Waals surface area contributed by atoms with Crippen LogP contribution in [-0.2, 0) is 14.3 Å². The first kappa shape index (κ1) is 16.9. The van der Waals surface area contributed by atoms with Crippen LogP contribution in [0.3, 0.4) is 0 Å². The Balaban J connectivity index is 2.43. The first-order valence-corrected chi connectivity index (χ1v) is 7.47. The molecule has 120 valence electrons. The number of hydrogen-bond acceptors (Lipinski definition) is 4. The fraction of sp³-hybridized carbons (Fsp3) is 0.500. The standard InChI is InChI=1S/C18H24O4/c1-5-9-17(10-6-2)11-7-14-13(15(17)19)8-12-18(21-3,22-4)16(14)20/h5-6,8,12,15,19H,1-2,7,9-11H2,3-4H3. The van der Waals surface area contributed by atoms with Crippen molar-refractivity contribution in [2.45, 2.75) is 37.6 Å². The average Bonchev–Trinajstić information content (AvgIpc) is 2.52. The molecule has 0 fully saturated rings. The Labute approximate surface area is 131 Å². The Morgan fingerprint density at radius 1 is 1.32 bits per heavy atom. The van der Waals surface area contributed by atoms with E-state index in [4.69, 9.17) is 9.47 Å². The minimum absolute atomic E-state index is 0.222. The SMILES string of the molecule is C=CCC1(CC=C)CCC2=C(C=CC(OC)(OC)C2=O)C1O. The van der Waals surface area contributed by atoms with Crippen LogP contribution in [0.5, 0.6) is 0 Å². The van der Waals surface area contributed by atoms with Crippen molar-refractivity contribution < 1.29 is 19.4 Å². The van der Waals surface area contributed by atoms with Crippen LogP contribution in [0.25, 0.3) is 0 Å². The second-order valence-electron chi connectivity index (χ2n) is 5.92. The van der Waals surface area contributed by atoms with Crippen molar-refractivity contribution in [2.24, 2.45) is 5.41 Å². The lowest BCUT2D eigenvalue weighted by molar-refractivity contribution is -0.183. The number of aliphatic hydroxyl groups excluding tert-OH is 1. The molecule has 4 nitrogen and oxygen atoms in total. The van der Waals surface area contributed by atoms with E-state index in [1.165, 1.54) is 14.2 Å². The molecule has 22 heavy (non-hydrogen) atoms. The summed E-state index contributed by atoms with van der Waals surface area (Å²) in [5, 5.41) is 10.9. The van der Waals surface area contributed by atoms with E-state index in [2.05, 4.69) is 13.2 Å². The van der Waals surface area contributed by atoms with E-state index in [0.717, 1.165) is 0 Å². The van der Waals surface area contributed by atoms with Crippen molar-refractivity contribution in [1.82, 2.24) is 0 Å². The van der Waals surface area contributed by atoms with Crippen molar-refractivity contribution in [3.8, 4) is 0 Å². The van der Waals surface area contributed by atoms with Crippen LogP contribution in [0, 0.1) is 5.41 Å². The van der Waals surface area contributed by atoms with E-state index in [1.54, 1.807) is 12.2 Å². The average molecular weight is 304 g/mol. The van der Waals surface area contributed by atoms with Crippen LogP contribution >= 0.6 is 0 Å². The van der Waals surface area contributed by atoms with Crippen molar-refractivity contribution in [3.05, 3.63) is 48.6 Å². The molecule has 1 N–H and O–H groups in total. The molecule has 0 spiro atoms. The molecule has 2 aliphatic carbocycles. The highest BCUT2D eigenvalue weighted by Gasteiger charge is 2.48. The largest absolute Gasteiger partial charge is 0.388 e. The summed E-state index contributed by atoms with van der Waals surface area (Å²) in [7, 11) is 2.88. The molecule has 0 saturated carbocycles. The highest BCUT2D eigenvalue weighted by atomic mass is 16.7. The third kappa shape index (κ3) is 2.41. The lowest BCUT2D eigenvalue weighted by Crippen LogP contribution is -2.48. The predicted molar refractivity (Wildman–Crippen MR) is 85.2 cm³/mol. The van der Waals surface area contributed by atoms with Crippen molar-refractivity contribution in [1.29, 1.82) is 0 Å². The summed E-state index contributed by atoms with van der Waals surface area (Å²) < 4.78 is 10.5. The molecule has 0 heterocycles. The van der Waals surface area contributed by atoms with Gasteiger partial charge in [0.2, 0.25) is 5.78 Å². The number of allylic oxidation sites excluding steroid dienone is 2. The van der Waals surface area contributed by atoms with Gasteiger partial charge in [-0.2, -0.15) is 0 Å². The van der Waals surface area contributed by atoms with Gasteiger partial charge in [0.05, 0.1) is 6.10 Å². The number of carbonyl (C=O) groups is 1. The number of ether oxygens (including phenoxy) is 2. The van der Waals surface area contributed by atoms with Crippen LogP contribution < -0.4 is 0 Å². The van der Waals surface area contributed by atoms with Gasteiger partial charge >= 0.3 is 0 Å². The van der Waals surface area contributed by atoms with Gasteiger partial charge in [0, 0.05) is 25.2 Å². The number of hydrogen-bond donors (Lipinski definition) is 1. The molecule has 1 atom stereocenters. The molecule has 0 aromatic carbocycles. The Morgan fingerprint density at radius 3 is 2.41 bits per heavy atom. The predicted octanol–water partition coefficient (Wildman–Crippen LogP) is 2.70. The monoisotopic (exact) mass is 304 g/mol. The minimum Gasteiger partial charge on any atom is -0.388 e. The molecule has 4 heteroatoms. The zero-order valence-corrected chi connectivity index (χ0v) is 13.3. The zero-order valence-electron chi connectivity index (χ0n) is 13.3. The number of rotatable bonds is 6. The third-order valence-electron chi connectivity index (χ3n) is 4.88. The quantitative estimate of drug-likeness (QED) is 0.605. The summed E-state index contributed by atoms with van der Waals surface area (Å²) in [5.74, 6) is -1.59. The summed E-state index contributed by atoms with van der Waals surface area (Å²) in [6.45, 7) is 7.60. The molecule has 0 aliphatic heterocycles. The number of Topliss-reactive ketones (excluding diaryl/α,β-unsaturated/α-hetero) is 1. The molecular formula is C18H24O4. The molecule has 0 amide bonds. The third-order valence-corrected chi connectivity index (χ3v) is 4.88. The van der Waals surface area contributed by atoms with E-state index < -0.39 is 11.9 Å². The fourth-order valence-corrected chi connectivity index (χ4v) is 3.56. The molecule has 0 bridgehead atoms. The van der Waals surface area contributed by atoms with Gasteiger partial charge < -0.3 is 14.6 Å². The van der Waals surface area contributed by atoms with E-state index >= 15 is 0 Å². The molecular weight excluding hydrogens is 280 g/mol. The highest BCUT2D eigenvalue weighted by molar-refractivity contribution is 6.05. The van der Waals surface area contributed by atoms with Crippen molar-refractivity contribution >= 4 is 5.78 Å². The van der Waals surface area contributed by atoms with Gasteiger partial charge in [-0.3, -0.25) is 4.79 Å². The number of ketones is 1. The Bertz CT molecular complexity index is 527. The lowest BCUT2D eigenvalue weighted by Gasteiger charge is -2.44. The van der Waals surface area contributed by atoms with Crippen molar-refractivity contribution in [2.75, 3.05) is 14.2 Å².